The Bertz CT molecular complexity index is 672. The lowest BCUT2D eigenvalue weighted by molar-refractivity contribution is -0.116. The summed E-state index contributed by atoms with van der Waals surface area (Å²) in [6.45, 7) is 2.65. The molecule has 0 radical (unpaired) electrons. The second kappa shape index (κ2) is 9.55. The first-order valence-corrected chi connectivity index (χ1v) is 8.80. The molecule has 0 spiro atoms. The minimum atomic E-state index is -0.0962. The Morgan fingerprint density at radius 2 is 1.88 bits per heavy atom. The van der Waals surface area contributed by atoms with Gasteiger partial charge >= 0.3 is 0 Å². The van der Waals surface area contributed by atoms with Crippen LogP contribution in [0, 0.1) is 0 Å². The van der Waals surface area contributed by atoms with Crippen molar-refractivity contribution in [3.63, 3.8) is 0 Å². The van der Waals surface area contributed by atoms with Crippen molar-refractivity contribution >= 4 is 34.8 Å². The summed E-state index contributed by atoms with van der Waals surface area (Å²) in [4.78, 5) is 11.9. The fourth-order valence-electron chi connectivity index (χ4n) is 2.27. The van der Waals surface area contributed by atoms with Crippen molar-refractivity contribution in [2.75, 3.05) is 11.9 Å². The molecule has 128 valence electrons. The molecule has 2 rings (SSSR count). The summed E-state index contributed by atoms with van der Waals surface area (Å²) in [5.41, 5.74) is 1.88. The maximum atomic E-state index is 11.9. The van der Waals surface area contributed by atoms with E-state index >= 15 is 0 Å². The van der Waals surface area contributed by atoms with E-state index in [1.807, 2.05) is 12.1 Å². The summed E-state index contributed by atoms with van der Waals surface area (Å²) in [6.07, 6.45) is 3.21. The number of rotatable bonds is 8. The second-order valence-electron chi connectivity index (χ2n) is 5.52. The predicted octanol–water partition coefficient (Wildman–Crippen LogP) is 5.74. The highest BCUT2D eigenvalue weighted by Gasteiger charge is 2.06. The van der Waals surface area contributed by atoms with Crippen LogP contribution in [0.15, 0.2) is 42.5 Å². The molecule has 0 heterocycles. The number of carbonyl (C=O) groups is 1. The van der Waals surface area contributed by atoms with Crippen molar-refractivity contribution in [2.45, 2.75) is 32.6 Å². The zero-order valence-electron chi connectivity index (χ0n) is 13.6. The average molecular weight is 366 g/mol. The molecule has 0 saturated heterocycles. The van der Waals surface area contributed by atoms with Crippen LogP contribution in [-0.2, 0) is 11.2 Å². The Morgan fingerprint density at radius 3 is 2.54 bits per heavy atom. The van der Waals surface area contributed by atoms with E-state index in [-0.39, 0.29) is 5.91 Å². The summed E-state index contributed by atoms with van der Waals surface area (Å²) in [5.74, 6) is 0.733. The first-order valence-electron chi connectivity index (χ1n) is 8.05. The summed E-state index contributed by atoms with van der Waals surface area (Å²) < 4.78 is 5.66. The SMILES string of the molecule is CCCc1ccc(OCCCC(=O)Nc2ccc(Cl)cc2Cl)cc1. The minimum absolute atomic E-state index is 0.0962. The van der Waals surface area contributed by atoms with Gasteiger partial charge in [-0.15, -0.1) is 0 Å². The highest BCUT2D eigenvalue weighted by molar-refractivity contribution is 6.36. The molecule has 1 N–H and O–H groups in total. The van der Waals surface area contributed by atoms with Crippen molar-refractivity contribution in [3.05, 3.63) is 58.1 Å². The van der Waals surface area contributed by atoms with Crippen LogP contribution in [0.2, 0.25) is 10.0 Å². The standard InChI is InChI=1S/C19H21Cl2NO2/c1-2-4-14-6-9-16(10-7-14)24-12-3-5-19(23)22-18-11-8-15(20)13-17(18)21/h6-11,13H,2-5,12H2,1H3,(H,22,23). The Labute approximate surface area is 152 Å². The molecule has 0 aliphatic heterocycles. The van der Waals surface area contributed by atoms with Crippen LogP contribution in [0.3, 0.4) is 0 Å². The lowest BCUT2D eigenvalue weighted by Gasteiger charge is -2.09. The van der Waals surface area contributed by atoms with E-state index in [4.69, 9.17) is 27.9 Å². The van der Waals surface area contributed by atoms with Crippen molar-refractivity contribution in [1.82, 2.24) is 0 Å². The van der Waals surface area contributed by atoms with Crippen LogP contribution >= 0.6 is 23.2 Å². The molecule has 1 amide bonds. The van der Waals surface area contributed by atoms with Gasteiger partial charge in [0.1, 0.15) is 5.75 Å². The third kappa shape index (κ3) is 6.06. The molecule has 0 aliphatic rings. The van der Waals surface area contributed by atoms with Crippen molar-refractivity contribution in [3.8, 4) is 5.75 Å². The van der Waals surface area contributed by atoms with Gasteiger partial charge in [0.05, 0.1) is 17.3 Å². The number of hydrogen-bond acceptors (Lipinski definition) is 2. The molecule has 5 heteroatoms. The van der Waals surface area contributed by atoms with Crippen LogP contribution < -0.4 is 10.1 Å². The third-order valence-electron chi connectivity index (χ3n) is 3.48. The fraction of sp³-hybridized carbons (Fsp3) is 0.316. The number of amides is 1. The lowest BCUT2D eigenvalue weighted by atomic mass is 10.1. The van der Waals surface area contributed by atoms with E-state index in [0.717, 1.165) is 18.6 Å². The van der Waals surface area contributed by atoms with E-state index in [2.05, 4.69) is 24.4 Å². The van der Waals surface area contributed by atoms with E-state index in [9.17, 15) is 4.79 Å². The summed E-state index contributed by atoms with van der Waals surface area (Å²) in [5, 5.41) is 3.74. The largest absolute Gasteiger partial charge is 0.494 e. The predicted molar refractivity (Wildman–Crippen MR) is 100 cm³/mol. The van der Waals surface area contributed by atoms with Crippen LogP contribution in [0.1, 0.15) is 31.7 Å². The van der Waals surface area contributed by atoms with Gasteiger partial charge in [0.15, 0.2) is 0 Å². The van der Waals surface area contributed by atoms with Gasteiger partial charge in [0.25, 0.3) is 0 Å². The molecule has 2 aromatic carbocycles. The molecule has 0 bridgehead atoms. The highest BCUT2D eigenvalue weighted by Crippen LogP contribution is 2.25. The van der Waals surface area contributed by atoms with Crippen LogP contribution in [0.5, 0.6) is 5.75 Å². The molecular weight excluding hydrogens is 345 g/mol. The first kappa shape index (κ1) is 18.6. The molecular formula is C19H21Cl2NO2. The van der Waals surface area contributed by atoms with Gasteiger partial charge in [0, 0.05) is 11.4 Å². The average Bonchev–Trinajstić information content (AvgIpc) is 2.56. The number of benzene rings is 2. The zero-order valence-corrected chi connectivity index (χ0v) is 15.2. The van der Waals surface area contributed by atoms with Gasteiger partial charge in [-0.1, -0.05) is 48.7 Å². The maximum absolute atomic E-state index is 11.9. The number of nitrogens with one attached hydrogen (secondary N) is 1. The van der Waals surface area contributed by atoms with E-state index in [1.54, 1.807) is 18.2 Å². The lowest BCUT2D eigenvalue weighted by Crippen LogP contribution is -2.13. The second-order valence-corrected chi connectivity index (χ2v) is 6.36. The van der Waals surface area contributed by atoms with E-state index in [1.165, 1.54) is 5.56 Å². The topological polar surface area (TPSA) is 38.3 Å². The number of ether oxygens (including phenoxy) is 1. The Morgan fingerprint density at radius 1 is 1.12 bits per heavy atom. The molecule has 0 unspecified atom stereocenters. The normalized spacial score (nSPS) is 10.5. The molecule has 2 aromatic rings. The number of halogens is 2. The summed E-state index contributed by atoms with van der Waals surface area (Å²) in [7, 11) is 0. The molecule has 24 heavy (non-hydrogen) atoms. The first-order chi connectivity index (χ1) is 11.6. The number of hydrogen-bond donors (Lipinski definition) is 1. The third-order valence-corrected chi connectivity index (χ3v) is 4.03. The highest BCUT2D eigenvalue weighted by atomic mass is 35.5. The van der Waals surface area contributed by atoms with E-state index < -0.39 is 0 Å². The molecule has 0 atom stereocenters. The Balaban J connectivity index is 1.70. The molecule has 0 aliphatic carbocycles. The zero-order chi connectivity index (χ0) is 17.4. The van der Waals surface area contributed by atoms with Crippen molar-refractivity contribution in [1.29, 1.82) is 0 Å². The monoisotopic (exact) mass is 365 g/mol. The number of aryl methyl sites for hydroxylation is 1. The molecule has 0 fully saturated rings. The molecule has 0 saturated carbocycles. The van der Waals surface area contributed by atoms with Crippen molar-refractivity contribution in [2.24, 2.45) is 0 Å². The van der Waals surface area contributed by atoms with Crippen LogP contribution in [0.4, 0.5) is 5.69 Å². The van der Waals surface area contributed by atoms with Crippen LogP contribution in [0.25, 0.3) is 0 Å². The number of anilines is 1. The van der Waals surface area contributed by atoms with Crippen LogP contribution in [-0.4, -0.2) is 12.5 Å². The van der Waals surface area contributed by atoms with Gasteiger partial charge in [-0.2, -0.15) is 0 Å². The van der Waals surface area contributed by atoms with Crippen molar-refractivity contribution < 1.29 is 9.53 Å². The maximum Gasteiger partial charge on any atom is 0.224 e. The van der Waals surface area contributed by atoms with Gasteiger partial charge in [-0.05, 0) is 48.7 Å². The smallest absolute Gasteiger partial charge is 0.224 e. The summed E-state index contributed by atoms with van der Waals surface area (Å²) >= 11 is 11.9. The number of carbonyl (C=O) groups excluding carboxylic acids is 1. The Kier molecular flexibility index (Phi) is 7.41. The van der Waals surface area contributed by atoms with Gasteiger partial charge in [-0.3, -0.25) is 4.79 Å². The quantitative estimate of drug-likeness (QED) is 0.605. The minimum Gasteiger partial charge on any atom is -0.494 e. The van der Waals surface area contributed by atoms with Gasteiger partial charge in [-0.25, -0.2) is 0 Å². The fourth-order valence-corrected chi connectivity index (χ4v) is 2.72. The molecule has 3 nitrogen and oxygen atoms in total. The van der Waals surface area contributed by atoms with E-state index in [0.29, 0.717) is 35.2 Å². The Hall–Kier alpha value is -1.71. The molecule has 0 aromatic heterocycles. The van der Waals surface area contributed by atoms with Gasteiger partial charge in [0.2, 0.25) is 5.91 Å². The summed E-state index contributed by atoms with van der Waals surface area (Å²) in [6, 6.07) is 13.1. The van der Waals surface area contributed by atoms with Gasteiger partial charge < -0.3 is 10.1 Å².